The third-order valence-electron chi connectivity index (χ3n) is 5.64. The first-order valence-electron chi connectivity index (χ1n) is 8.93. The van der Waals surface area contributed by atoms with Gasteiger partial charge < -0.3 is 4.74 Å². The molecular formula is C21H19ClN2O4. The molecule has 0 unspecified atom stereocenters. The molecule has 2 aromatic carbocycles. The second-order valence-corrected chi connectivity index (χ2v) is 7.65. The molecule has 144 valence electrons. The van der Waals surface area contributed by atoms with Crippen LogP contribution in [0.1, 0.15) is 18.5 Å². The van der Waals surface area contributed by atoms with Gasteiger partial charge in [0.05, 0.1) is 24.6 Å². The number of rotatable bonds is 3. The Hall–Kier alpha value is -2.70. The number of esters is 1. The lowest BCUT2D eigenvalue weighted by molar-refractivity contribution is -0.151. The Morgan fingerprint density at radius 1 is 1.07 bits per heavy atom. The van der Waals surface area contributed by atoms with Crippen LogP contribution in [-0.2, 0) is 19.1 Å². The lowest BCUT2D eigenvalue weighted by Gasteiger charge is -2.28. The van der Waals surface area contributed by atoms with Gasteiger partial charge in [-0.2, -0.15) is 0 Å². The van der Waals surface area contributed by atoms with Gasteiger partial charge in [-0.3, -0.25) is 19.7 Å². The van der Waals surface area contributed by atoms with Crippen molar-refractivity contribution >= 4 is 35.1 Å². The summed E-state index contributed by atoms with van der Waals surface area (Å²) in [4.78, 5) is 40.4. The first-order chi connectivity index (χ1) is 13.4. The Labute approximate surface area is 167 Å². The lowest BCUT2D eigenvalue weighted by atomic mass is 9.80. The van der Waals surface area contributed by atoms with Crippen molar-refractivity contribution in [3.63, 3.8) is 0 Å². The number of carbonyl (C=O) groups is 3. The third-order valence-corrected chi connectivity index (χ3v) is 5.89. The number of carbonyl (C=O) groups excluding carboxylic acids is 3. The van der Waals surface area contributed by atoms with Crippen LogP contribution in [-0.4, -0.2) is 30.4 Å². The van der Waals surface area contributed by atoms with Crippen molar-refractivity contribution in [2.24, 2.45) is 11.8 Å². The highest BCUT2D eigenvalue weighted by atomic mass is 35.5. The molecule has 6 nitrogen and oxygen atoms in total. The van der Waals surface area contributed by atoms with E-state index in [1.807, 2.05) is 6.07 Å². The fraction of sp³-hybridized carbons (Fsp3) is 0.286. The maximum atomic E-state index is 13.3. The van der Waals surface area contributed by atoms with E-state index >= 15 is 0 Å². The van der Waals surface area contributed by atoms with E-state index in [1.54, 1.807) is 55.5 Å². The predicted octanol–water partition coefficient (Wildman–Crippen LogP) is 2.72. The molecule has 2 fully saturated rings. The number of fused-ring (bicyclic) bond motifs is 1. The number of amides is 2. The van der Waals surface area contributed by atoms with Gasteiger partial charge in [-0.15, -0.1) is 0 Å². The number of anilines is 1. The van der Waals surface area contributed by atoms with Gasteiger partial charge in [0.15, 0.2) is 0 Å². The number of nitrogens with one attached hydrogen (secondary N) is 1. The van der Waals surface area contributed by atoms with Gasteiger partial charge in [0.2, 0.25) is 11.8 Å². The SMILES string of the molecule is COC(=O)[C@]1(C)N[C@H](c2ccc(Cl)cc2)[C@@H]2C(=O)N(c3ccccc3)C(=O)[C@H]21. The molecule has 1 N–H and O–H groups in total. The molecule has 2 aromatic rings. The molecule has 2 aliphatic heterocycles. The molecule has 4 rings (SSSR count). The summed E-state index contributed by atoms with van der Waals surface area (Å²) in [5.74, 6) is -2.90. The highest BCUT2D eigenvalue weighted by molar-refractivity contribution is 6.30. The molecule has 7 heteroatoms. The Bertz CT molecular complexity index is 947. The Morgan fingerprint density at radius 2 is 1.71 bits per heavy atom. The van der Waals surface area contributed by atoms with Gasteiger partial charge >= 0.3 is 5.97 Å². The molecule has 4 atom stereocenters. The van der Waals surface area contributed by atoms with Gasteiger partial charge in [-0.1, -0.05) is 41.9 Å². The van der Waals surface area contributed by atoms with E-state index in [9.17, 15) is 14.4 Å². The number of imide groups is 1. The zero-order valence-electron chi connectivity index (χ0n) is 15.4. The fourth-order valence-electron chi connectivity index (χ4n) is 4.33. The number of methoxy groups -OCH3 is 1. The van der Waals surface area contributed by atoms with Gasteiger partial charge in [0.1, 0.15) is 5.54 Å². The average molecular weight is 399 g/mol. The number of ether oxygens (including phenoxy) is 1. The molecule has 28 heavy (non-hydrogen) atoms. The molecular weight excluding hydrogens is 380 g/mol. The number of hydrogen-bond donors (Lipinski definition) is 1. The fourth-order valence-corrected chi connectivity index (χ4v) is 4.45. The first kappa shape index (κ1) is 18.7. The van der Waals surface area contributed by atoms with E-state index in [0.717, 1.165) is 5.56 Å². The van der Waals surface area contributed by atoms with Crippen molar-refractivity contribution < 1.29 is 19.1 Å². The van der Waals surface area contributed by atoms with Gasteiger partial charge in [-0.25, -0.2) is 4.90 Å². The minimum Gasteiger partial charge on any atom is -0.468 e. The summed E-state index contributed by atoms with van der Waals surface area (Å²) in [5.41, 5.74) is -0.0444. The maximum Gasteiger partial charge on any atom is 0.326 e. The Morgan fingerprint density at radius 3 is 2.32 bits per heavy atom. The van der Waals surface area contributed by atoms with Crippen molar-refractivity contribution in [2.45, 2.75) is 18.5 Å². The number of nitrogens with zero attached hydrogens (tertiary/aromatic N) is 1. The summed E-state index contributed by atoms with van der Waals surface area (Å²) in [7, 11) is 1.27. The van der Waals surface area contributed by atoms with E-state index < -0.39 is 35.3 Å². The number of benzene rings is 2. The Balaban J connectivity index is 1.82. The predicted molar refractivity (Wildman–Crippen MR) is 104 cm³/mol. The zero-order chi connectivity index (χ0) is 20.1. The second kappa shape index (κ2) is 6.72. The van der Waals surface area contributed by atoms with Gasteiger partial charge in [0, 0.05) is 11.1 Å². The van der Waals surface area contributed by atoms with Crippen molar-refractivity contribution in [1.82, 2.24) is 5.32 Å². The number of hydrogen-bond acceptors (Lipinski definition) is 5. The van der Waals surface area contributed by atoms with Crippen LogP contribution in [0.5, 0.6) is 0 Å². The first-order valence-corrected chi connectivity index (χ1v) is 9.30. The molecule has 0 spiro atoms. The molecule has 0 aromatic heterocycles. The molecule has 0 bridgehead atoms. The molecule has 2 aliphatic rings. The van der Waals surface area contributed by atoms with E-state index in [0.29, 0.717) is 10.7 Å². The monoisotopic (exact) mass is 398 g/mol. The minimum atomic E-state index is -1.32. The standard InChI is InChI=1S/C21H19ClN2O4/c1-21(20(27)28-2)16-15(17(23-21)12-8-10-13(22)11-9-12)18(25)24(19(16)26)14-6-4-3-5-7-14/h3-11,15-17,23H,1-2H3/t15-,16+,17-,21-/m1/s1. The summed E-state index contributed by atoms with van der Waals surface area (Å²) in [6.07, 6.45) is 0. The summed E-state index contributed by atoms with van der Waals surface area (Å²) in [6.45, 7) is 1.62. The number of para-hydroxylation sites is 1. The molecule has 0 aliphatic carbocycles. The van der Waals surface area contributed by atoms with Crippen LogP contribution < -0.4 is 10.2 Å². The number of halogens is 1. The van der Waals surface area contributed by atoms with Crippen LogP contribution in [0.25, 0.3) is 0 Å². The van der Waals surface area contributed by atoms with E-state index in [4.69, 9.17) is 16.3 Å². The molecule has 2 amide bonds. The average Bonchev–Trinajstić information content (AvgIpc) is 3.16. The highest BCUT2D eigenvalue weighted by Gasteiger charge is 2.67. The van der Waals surface area contributed by atoms with E-state index in [1.165, 1.54) is 12.0 Å². The normalized spacial score (nSPS) is 29.1. The van der Waals surface area contributed by atoms with Gasteiger partial charge in [-0.05, 0) is 36.8 Å². The van der Waals surface area contributed by atoms with Crippen LogP contribution in [0.3, 0.4) is 0 Å². The maximum absolute atomic E-state index is 13.3. The van der Waals surface area contributed by atoms with E-state index in [-0.39, 0.29) is 5.91 Å². The molecule has 0 radical (unpaired) electrons. The summed E-state index contributed by atoms with van der Waals surface area (Å²) < 4.78 is 4.97. The van der Waals surface area contributed by atoms with Crippen LogP contribution in [0.2, 0.25) is 5.02 Å². The Kier molecular flexibility index (Phi) is 4.48. The van der Waals surface area contributed by atoms with Crippen LogP contribution in [0.4, 0.5) is 5.69 Å². The van der Waals surface area contributed by atoms with E-state index in [2.05, 4.69) is 5.32 Å². The topological polar surface area (TPSA) is 75.7 Å². The zero-order valence-corrected chi connectivity index (χ0v) is 16.1. The van der Waals surface area contributed by atoms with Gasteiger partial charge in [0.25, 0.3) is 0 Å². The molecule has 2 saturated heterocycles. The van der Waals surface area contributed by atoms with Crippen molar-refractivity contribution in [2.75, 3.05) is 12.0 Å². The van der Waals surface area contributed by atoms with Crippen molar-refractivity contribution in [3.8, 4) is 0 Å². The summed E-state index contributed by atoms with van der Waals surface area (Å²) >= 11 is 5.99. The lowest BCUT2D eigenvalue weighted by Crippen LogP contribution is -2.54. The highest BCUT2D eigenvalue weighted by Crippen LogP contribution is 2.49. The molecule has 2 heterocycles. The molecule has 0 saturated carbocycles. The minimum absolute atomic E-state index is 0.332. The largest absolute Gasteiger partial charge is 0.468 e. The third kappa shape index (κ3) is 2.64. The summed E-state index contributed by atoms with van der Waals surface area (Å²) in [5, 5.41) is 3.77. The smallest absolute Gasteiger partial charge is 0.326 e. The van der Waals surface area contributed by atoms with Crippen molar-refractivity contribution in [1.29, 1.82) is 0 Å². The van der Waals surface area contributed by atoms with Crippen LogP contribution >= 0.6 is 11.6 Å². The van der Waals surface area contributed by atoms with Crippen LogP contribution in [0, 0.1) is 11.8 Å². The quantitative estimate of drug-likeness (QED) is 0.635. The summed E-state index contributed by atoms with van der Waals surface area (Å²) in [6, 6.07) is 15.3. The van der Waals surface area contributed by atoms with Crippen molar-refractivity contribution in [3.05, 3.63) is 65.2 Å². The van der Waals surface area contributed by atoms with Crippen LogP contribution in [0.15, 0.2) is 54.6 Å². The second-order valence-electron chi connectivity index (χ2n) is 7.22.